The first-order chi connectivity index (χ1) is 11.9. The van der Waals surface area contributed by atoms with Gasteiger partial charge in [-0.05, 0) is 24.3 Å². The second-order valence-electron chi connectivity index (χ2n) is 5.38. The van der Waals surface area contributed by atoms with Gasteiger partial charge in [0.05, 0.1) is 17.8 Å². The molecule has 8 heteroatoms. The molecule has 5 nitrogen and oxygen atoms in total. The van der Waals surface area contributed by atoms with Crippen LogP contribution >= 0.6 is 0 Å². The summed E-state index contributed by atoms with van der Waals surface area (Å²) in [5, 5.41) is 4.70. The Balaban J connectivity index is 1.56. The molecule has 1 atom stereocenters. The topological polar surface area (TPSA) is 59.6 Å². The number of hydrogen-bond acceptors (Lipinski definition) is 3. The average molecular weight is 352 g/mol. The molecule has 132 valence electrons. The van der Waals surface area contributed by atoms with E-state index in [0.717, 1.165) is 6.07 Å². The minimum Gasteiger partial charge on any atom is -0.486 e. The maximum absolute atomic E-state index is 12.9. The Hall–Kier alpha value is -2.90. The molecule has 0 bridgehead atoms. The Morgan fingerprint density at radius 2 is 1.76 bits per heavy atom. The summed E-state index contributed by atoms with van der Waals surface area (Å²) in [6.07, 6.45) is -4.98. The minimum atomic E-state index is -4.55. The molecule has 3 rings (SSSR count). The first-order valence-electron chi connectivity index (χ1n) is 7.53. The van der Waals surface area contributed by atoms with Gasteiger partial charge in [0.25, 0.3) is 0 Å². The standard InChI is InChI=1S/C17H15F3N2O3/c18-17(19,20)12-5-1-2-6-13(12)22-16(23)21-9-11-10-24-14-7-3-4-8-15(14)25-11/h1-8,11H,9-10H2,(H2,21,22,23). The molecule has 25 heavy (non-hydrogen) atoms. The lowest BCUT2D eigenvalue weighted by molar-refractivity contribution is -0.136. The second-order valence-corrected chi connectivity index (χ2v) is 5.38. The number of hydrogen-bond donors (Lipinski definition) is 2. The summed E-state index contributed by atoms with van der Waals surface area (Å²) in [4.78, 5) is 11.9. The summed E-state index contributed by atoms with van der Waals surface area (Å²) >= 11 is 0. The number of rotatable bonds is 3. The molecule has 2 N–H and O–H groups in total. The van der Waals surface area contributed by atoms with Crippen LogP contribution < -0.4 is 20.1 Å². The number of ether oxygens (including phenoxy) is 2. The smallest absolute Gasteiger partial charge is 0.418 e. The van der Waals surface area contributed by atoms with Gasteiger partial charge in [0.15, 0.2) is 17.6 Å². The predicted octanol–water partition coefficient (Wildman–Crippen LogP) is 3.67. The van der Waals surface area contributed by atoms with Gasteiger partial charge in [0.2, 0.25) is 0 Å². The van der Waals surface area contributed by atoms with Crippen LogP contribution in [0.5, 0.6) is 11.5 Å². The predicted molar refractivity (Wildman–Crippen MR) is 84.8 cm³/mol. The Labute approximate surface area is 141 Å². The maximum Gasteiger partial charge on any atom is 0.418 e. The van der Waals surface area contributed by atoms with Crippen molar-refractivity contribution < 1.29 is 27.4 Å². The fourth-order valence-electron chi connectivity index (χ4n) is 2.38. The van der Waals surface area contributed by atoms with E-state index in [1.165, 1.54) is 18.2 Å². The zero-order valence-electron chi connectivity index (χ0n) is 13.0. The fourth-order valence-corrected chi connectivity index (χ4v) is 2.38. The number of carbonyl (C=O) groups is 1. The lowest BCUT2D eigenvalue weighted by atomic mass is 10.1. The van der Waals surface area contributed by atoms with Crippen molar-refractivity contribution in [2.75, 3.05) is 18.5 Å². The molecule has 1 unspecified atom stereocenters. The highest BCUT2D eigenvalue weighted by Gasteiger charge is 2.33. The normalized spacial score (nSPS) is 16.2. The van der Waals surface area contributed by atoms with Gasteiger partial charge in [0, 0.05) is 0 Å². The van der Waals surface area contributed by atoms with Crippen molar-refractivity contribution in [2.24, 2.45) is 0 Å². The Morgan fingerprint density at radius 1 is 1.08 bits per heavy atom. The van der Waals surface area contributed by atoms with Crippen LogP contribution in [0.1, 0.15) is 5.56 Å². The molecule has 2 amide bonds. The van der Waals surface area contributed by atoms with Crippen molar-refractivity contribution in [3.63, 3.8) is 0 Å². The first kappa shape index (κ1) is 16.9. The number of fused-ring (bicyclic) bond motifs is 1. The van der Waals surface area contributed by atoms with Gasteiger partial charge in [-0.25, -0.2) is 4.79 Å². The molecule has 2 aromatic rings. The van der Waals surface area contributed by atoms with Crippen LogP contribution in [-0.4, -0.2) is 25.3 Å². The van der Waals surface area contributed by atoms with E-state index in [0.29, 0.717) is 11.5 Å². The molecule has 1 heterocycles. The summed E-state index contributed by atoms with van der Waals surface area (Å²) in [5.74, 6) is 1.17. The van der Waals surface area contributed by atoms with Crippen LogP contribution in [0.25, 0.3) is 0 Å². The first-order valence-corrected chi connectivity index (χ1v) is 7.53. The van der Waals surface area contributed by atoms with Crippen LogP contribution in [-0.2, 0) is 6.18 Å². The van der Waals surface area contributed by atoms with E-state index in [-0.39, 0.29) is 18.8 Å². The number of carbonyl (C=O) groups excluding carboxylic acids is 1. The molecule has 0 fully saturated rings. The molecule has 0 spiro atoms. The molecular weight excluding hydrogens is 337 g/mol. The number of amides is 2. The quantitative estimate of drug-likeness (QED) is 0.886. The molecule has 1 aliphatic rings. The number of para-hydroxylation sites is 3. The van der Waals surface area contributed by atoms with E-state index in [1.54, 1.807) is 18.2 Å². The monoisotopic (exact) mass is 352 g/mol. The SMILES string of the molecule is O=C(NCC1COc2ccccc2O1)Nc1ccccc1C(F)(F)F. The summed E-state index contributed by atoms with van der Waals surface area (Å²) in [7, 11) is 0. The van der Waals surface area contributed by atoms with Crippen molar-refractivity contribution in [1.29, 1.82) is 0 Å². The lowest BCUT2D eigenvalue weighted by Gasteiger charge is -2.26. The van der Waals surface area contributed by atoms with Crippen molar-refractivity contribution in [3.05, 3.63) is 54.1 Å². The van der Waals surface area contributed by atoms with Crippen LogP contribution in [0.3, 0.4) is 0 Å². The van der Waals surface area contributed by atoms with Crippen molar-refractivity contribution in [3.8, 4) is 11.5 Å². The van der Waals surface area contributed by atoms with Crippen LogP contribution in [0.2, 0.25) is 0 Å². The van der Waals surface area contributed by atoms with E-state index < -0.39 is 23.9 Å². The average Bonchev–Trinajstić information content (AvgIpc) is 2.59. The van der Waals surface area contributed by atoms with Gasteiger partial charge in [-0.3, -0.25) is 0 Å². The van der Waals surface area contributed by atoms with E-state index in [9.17, 15) is 18.0 Å². The van der Waals surface area contributed by atoms with Crippen LogP contribution in [0.15, 0.2) is 48.5 Å². The highest BCUT2D eigenvalue weighted by Crippen LogP contribution is 2.34. The Morgan fingerprint density at radius 3 is 2.52 bits per heavy atom. The van der Waals surface area contributed by atoms with Crippen molar-refractivity contribution in [1.82, 2.24) is 5.32 Å². The Bertz CT molecular complexity index is 765. The van der Waals surface area contributed by atoms with Crippen LogP contribution in [0, 0.1) is 0 Å². The van der Waals surface area contributed by atoms with E-state index >= 15 is 0 Å². The number of anilines is 1. The van der Waals surface area contributed by atoms with Crippen LogP contribution in [0.4, 0.5) is 23.7 Å². The molecule has 1 aliphatic heterocycles. The van der Waals surface area contributed by atoms with Crippen molar-refractivity contribution >= 4 is 11.7 Å². The molecular formula is C17H15F3N2O3. The van der Waals surface area contributed by atoms with Gasteiger partial charge in [0.1, 0.15) is 6.61 Å². The van der Waals surface area contributed by atoms with Gasteiger partial charge < -0.3 is 20.1 Å². The lowest BCUT2D eigenvalue weighted by Crippen LogP contribution is -2.42. The van der Waals surface area contributed by atoms with Gasteiger partial charge in [-0.2, -0.15) is 13.2 Å². The zero-order chi connectivity index (χ0) is 17.9. The van der Waals surface area contributed by atoms with E-state index in [1.807, 2.05) is 6.07 Å². The molecule has 0 saturated heterocycles. The summed E-state index contributed by atoms with van der Waals surface area (Å²) < 4.78 is 49.9. The third-order valence-corrected chi connectivity index (χ3v) is 3.54. The molecule has 0 aromatic heterocycles. The third kappa shape index (κ3) is 4.14. The third-order valence-electron chi connectivity index (χ3n) is 3.54. The molecule has 0 radical (unpaired) electrons. The molecule has 0 saturated carbocycles. The number of urea groups is 1. The van der Waals surface area contributed by atoms with Gasteiger partial charge in [-0.1, -0.05) is 24.3 Å². The highest BCUT2D eigenvalue weighted by atomic mass is 19.4. The second kappa shape index (κ2) is 6.92. The number of alkyl halides is 3. The maximum atomic E-state index is 12.9. The number of nitrogens with one attached hydrogen (secondary N) is 2. The molecule has 0 aliphatic carbocycles. The summed E-state index contributed by atoms with van der Waals surface area (Å²) in [6.45, 7) is 0.324. The van der Waals surface area contributed by atoms with E-state index in [2.05, 4.69) is 10.6 Å². The summed E-state index contributed by atoms with van der Waals surface area (Å²) in [5.41, 5.74) is -1.21. The summed E-state index contributed by atoms with van der Waals surface area (Å²) in [6, 6.07) is 11.1. The Kier molecular flexibility index (Phi) is 4.69. The minimum absolute atomic E-state index is 0.0916. The number of benzene rings is 2. The van der Waals surface area contributed by atoms with Gasteiger partial charge in [-0.15, -0.1) is 0 Å². The van der Waals surface area contributed by atoms with E-state index in [4.69, 9.17) is 9.47 Å². The fraction of sp³-hybridized carbons (Fsp3) is 0.235. The van der Waals surface area contributed by atoms with Gasteiger partial charge >= 0.3 is 12.2 Å². The zero-order valence-corrected chi connectivity index (χ0v) is 13.0. The molecule has 2 aromatic carbocycles. The largest absolute Gasteiger partial charge is 0.486 e. The number of halogens is 3. The van der Waals surface area contributed by atoms with Crippen molar-refractivity contribution in [2.45, 2.75) is 12.3 Å². The highest BCUT2D eigenvalue weighted by molar-refractivity contribution is 5.90.